The van der Waals surface area contributed by atoms with Crippen molar-refractivity contribution in [3.63, 3.8) is 0 Å². The van der Waals surface area contributed by atoms with Gasteiger partial charge in [0.2, 0.25) is 0 Å². The maximum Gasteiger partial charge on any atom is 0.141 e. The molecule has 0 aliphatic carbocycles. The van der Waals surface area contributed by atoms with Crippen molar-refractivity contribution >= 4 is 11.6 Å². The van der Waals surface area contributed by atoms with Crippen LogP contribution in [0.3, 0.4) is 0 Å². The van der Waals surface area contributed by atoms with Crippen molar-refractivity contribution in [3.8, 4) is 0 Å². The molecule has 0 atom stereocenters. The van der Waals surface area contributed by atoms with Gasteiger partial charge in [-0.15, -0.1) is 0 Å². The molecule has 0 fully saturated rings. The third kappa shape index (κ3) is 2.80. The van der Waals surface area contributed by atoms with Gasteiger partial charge in [0.1, 0.15) is 5.82 Å². The van der Waals surface area contributed by atoms with Crippen LogP contribution in [0.15, 0.2) is 24.3 Å². The van der Waals surface area contributed by atoms with Gasteiger partial charge in [-0.05, 0) is 12.1 Å². The lowest BCUT2D eigenvalue weighted by Crippen LogP contribution is -1.70. The number of aliphatic hydroxyl groups excluding tert-OH is 1. The van der Waals surface area contributed by atoms with Crippen molar-refractivity contribution in [2.45, 2.75) is 0 Å². The van der Waals surface area contributed by atoms with Crippen LogP contribution in [-0.2, 0) is 0 Å². The van der Waals surface area contributed by atoms with Crippen LogP contribution in [0.1, 0.15) is 0 Å². The lowest BCUT2D eigenvalue weighted by Gasteiger charge is -1.86. The highest BCUT2D eigenvalue weighted by Gasteiger charge is 1.91. The second kappa shape index (κ2) is 5.21. The number of rotatable bonds is 0. The molecule has 1 aromatic carbocycles. The molecule has 0 aromatic heterocycles. The highest BCUT2D eigenvalue weighted by atomic mass is 35.5. The molecule has 10 heavy (non-hydrogen) atoms. The zero-order valence-corrected chi connectivity index (χ0v) is 6.27. The average molecular weight is 163 g/mol. The van der Waals surface area contributed by atoms with Gasteiger partial charge < -0.3 is 5.11 Å². The summed E-state index contributed by atoms with van der Waals surface area (Å²) in [4.78, 5) is 0. The summed E-state index contributed by atoms with van der Waals surface area (Å²) >= 11 is 5.33. The molecule has 56 valence electrons. The fraction of sp³-hybridized carbons (Fsp3) is 0.143. The van der Waals surface area contributed by atoms with Crippen LogP contribution in [0.25, 0.3) is 0 Å². The Labute approximate surface area is 64.1 Å². The minimum Gasteiger partial charge on any atom is -0.400 e. The third-order valence-corrected chi connectivity index (χ3v) is 1.13. The number of hydrogen-bond acceptors (Lipinski definition) is 1. The minimum atomic E-state index is -0.367. The standard InChI is InChI=1S/C6H4ClF.CH4O/c7-5-3-1-2-4-6(5)8;1-2/h1-4H;2H,1H3. The second-order valence-corrected chi connectivity index (χ2v) is 1.82. The summed E-state index contributed by atoms with van der Waals surface area (Å²) in [6.45, 7) is 0. The Balaban J connectivity index is 0.000000371. The van der Waals surface area contributed by atoms with Crippen LogP contribution in [0.2, 0.25) is 5.02 Å². The molecule has 0 aliphatic rings. The van der Waals surface area contributed by atoms with Gasteiger partial charge in [0, 0.05) is 7.11 Å². The van der Waals surface area contributed by atoms with E-state index in [1.807, 2.05) is 0 Å². The van der Waals surface area contributed by atoms with Crippen LogP contribution in [0.5, 0.6) is 0 Å². The molecule has 1 rings (SSSR count). The summed E-state index contributed by atoms with van der Waals surface area (Å²) in [5.74, 6) is -0.367. The number of aliphatic hydroxyl groups is 1. The van der Waals surface area contributed by atoms with Gasteiger partial charge in [-0.1, -0.05) is 23.7 Å². The van der Waals surface area contributed by atoms with E-state index in [-0.39, 0.29) is 10.8 Å². The van der Waals surface area contributed by atoms with E-state index in [0.717, 1.165) is 7.11 Å². The first-order valence-corrected chi connectivity index (χ1v) is 3.03. The molecule has 0 bridgehead atoms. The number of benzene rings is 1. The van der Waals surface area contributed by atoms with Gasteiger partial charge in [0.25, 0.3) is 0 Å². The zero-order valence-electron chi connectivity index (χ0n) is 5.51. The lowest BCUT2D eigenvalue weighted by atomic mass is 10.4. The van der Waals surface area contributed by atoms with Gasteiger partial charge in [0.15, 0.2) is 0 Å². The van der Waals surface area contributed by atoms with Crippen molar-refractivity contribution in [1.29, 1.82) is 0 Å². The van der Waals surface area contributed by atoms with E-state index < -0.39 is 0 Å². The molecule has 0 unspecified atom stereocenters. The van der Waals surface area contributed by atoms with Gasteiger partial charge in [0.05, 0.1) is 5.02 Å². The SMILES string of the molecule is CO.Fc1ccccc1Cl. The first-order valence-electron chi connectivity index (χ1n) is 2.65. The van der Waals surface area contributed by atoms with Crippen LogP contribution in [0.4, 0.5) is 4.39 Å². The van der Waals surface area contributed by atoms with Crippen LogP contribution >= 0.6 is 11.6 Å². The van der Waals surface area contributed by atoms with Gasteiger partial charge in [-0.3, -0.25) is 0 Å². The van der Waals surface area contributed by atoms with E-state index in [1.54, 1.807) is 12.1 Å². The molecule has 1 nitrogen and oxygen atoms in total. The maximum absolute atomic E-state index is 12.2. The molecular formula is C7H8ClFO. The highest BCUT2D eigenvalue weighted by molar-refractivity contribution is 6.30. The van der Waals surface area contributed by atoms with Crippen molar-refractivity contribution in [2.75, 3.05) is 7.11 Å². The Hall–Kier alpha value is -0.600. The van der Waals surface area contributed by atoms with Gasteiger partial charge in [-0.25, -0.2) is 4.39 Å². The molecule has 1 N–H and O–H groups in total. The minimum absolute atomic E-state index is 0.174. The van der Waals surface area contributed by atoms with Crippen LogP contribution < -0.4 is 0 Å². The predicted octanol–water partition coefficient (Wildman–Crippen LogP) is 2.09. The topological polar surface area (TPSA) is 20.2 Å². The first kappa shape index (κ1) is 9.40. The fourth-order valence-corrected chi connectivity index (χ4v) is 0.575. The van der Waals surface area contributed by atoms with E-state index in [1.165, 1.54) is 12.1 Å². The molecule has 1 aromatic rings. The Bertz CT molecular complexity index is 170. The first-order chi connectivity index (χ1) is 4.80. The molecular weight excluding hydrogens is 155 g/mol. The average Bonchev–Trinajstić information content (AvgIpc) is 2.00. The zero-order chi connectivity index (χ0) is 7.98. The molecule has 0 heterocycles. The monoisotopic (exact) mass is 162 g/mol. The van der Waals surface area contributed by atoms with Gasteiger partial charge >= 0.3 is 0 Å². The third-order valence-electron chi connectivity index (χ3n) is 0.824. The van der Waals surface area contributed by atoms with Crippen LogP contribution in [-0.4, -0.2) is 12.2 Å². The predicted molar refractivity (Wildman–Crippen MR) is 39.6 cm³/mol. The van der Waals surface area contributed by atoms with E-state index in [0.29, 0.717) is 0 Å². The van der Waals surface area contributed by atoms with Crippen LogP contribution in [0, 0.1) is 5.82 Å². The quantitative estimate of drug-likeness (QED) is 0.620. The summed E-state index contributed by atoms with van der Waals surface area (Å²) in [5.41, 5.74) is 0. The van der Waals surface area contributed by atoms with E-state index in [2.05, 4.69) is 0 Å². The summed E-state index contributed by atoms with van der Waals surface area (Å²) in [6.07, 6.45) is 0. The lowest BCUT2D eigenvalue weighted by molar-refractivity contribution is 0.399. The largest absolute Gasteiger partial charge is 0.400 e. The van der Waals surface area contributed by atoms with E-state index in [9.17, 15) is 4.39 Å². The van der Waals surface area contributed by atoms with Crippen molar-refractivity contribution in [1.82, 2.24) is 0 Å². The second-order valence-electron chi connectivity index (χ2n) is 1.41. The van der Waals surface area contributed by atoms with Crippen molar-refractivity contribution in [3.05, 3.63) is 35.1 Å². The van der Waals surface area contributed by atoms with Gasteiger partial charge in [-0.2, -0.15) is 0 Å². The Morgan fingerprint density at radius 3 is 2.10 bits per heavy atom. The molecule has 3 heteroatoms. The molecule has 0 radical (unpaired) electrons. The Morgan fingerprint density at radius 1 is 1.30 bits per heavy atom. The highest BCUT2D eigenvalue weighted by Crippen LogP contribution is 2.11. The van der Waals surface area contributed by atoms with Crippen molar-refractivity contribution in [2.24, 2.45) is 0 Å². The fourth-order valence-electron chi connectivity index (χ4n) is 0.439. The summed E-state index contributed by atoms with van der Waals surface area (Å²) in [5, 5.41) is 7.17. The normalized spacial score (nSPS) is 8.00. The molecule has 0 spiro atoms. The molecule has 0 saturated heterocycles. The van der Waals surface area contributed by atoms with E-state index >= 15 is 0 Å². The van der Waals surface area contributed by atoms with Crippen molar-refractivity contribution < 1.29 is 9.50 Å². The Kier molecular flexibility index (Phi) is 4.89. The number of hydrogen-bond donors (Lipinski definition) is 1. The molecule has 0 aliphatic heterocycles. The maximum atomic E-state index is 12.2. The Morgan fingerprint density at radius 2 is 1.80 bits per heavy atom. The number of halogens is 2. The molecule has 0 saturated carbocycles. The molecule has 0 amide bonds. The summed E-state index contributed by atoms with van der Waals surface area (Å²) in [6, 6.07) is 6.12. The summed E-state index contributed by atoms with van der Waals surface area (Å²) in [7, 11) is 1.00. The summed E-state index contributed by atoms with van der Waals surface area (Å²) < 4.78 is 12.2. The smallest absolute Gasteiger partial charge is 0.141 e. The van der Waals surface area contributed by atoms with E-state index in [4.69, 9.17) is 16.7 Å².